The second-order valence-corrected chi connectivity index (χ2v) is 5.91. The van der Waals surface area contributed by atoms with E-state index in [0.29, 0.717) is 6.54 Å². The third-order valence-electron chi connectivity index (χ3n) is 3.11. The van der Waals surface area contributed by atoms with Crippen LogP contribution in [0.25, 0.3) is 0 Å². The Kier molecular flexibility index (Phi) is 6.09. The van der Waals surface area contributed by atoms with E-state index in [-0.39, 0.29) is 24.3 Å². The smallest absolute Gasteiger partial charge is 0.222 e. The third-order valence-corrected chi connectivity index (χ3v) is 4.10. The first-order valence-corrected chi connectivity index (χ1v) is 7.99. The largest absolute Gasteiger partial charge is 0.356 e. The van der Waals surface area contributed by atoms with Crippen LogP contribution in [-0.2, 0) is 16.0 Å². The van der Waals surface area contributed by atoms with E-state index < -0.39 is 0 Å². The number of nitrogens with zero attached hydrogens (tertiary/aromatic N) is 1. The lowest BCUT2D eigenvalue weighted by Gasteiger charge is -2.16. The molecule has 0 saturated heterocycles. The molecule has 22 heavy (non-hydrogen) atoms. The lowest BCUT2D eigenvalue weighted by molar-refractivity contribution is -0.122. The number of amides is 2. The van der Waals surface area contributed by atoms with Crippen LogP contribution in [0.4, 0.5) is 0 Å². The lowest BCUT2D eigenvalue weighted by Crippen LogP contribution is -2.33. The molecule has 2 N–H and O–H groups in total. The van der Waals surface area contributed by atoms with Gasteiger partial charge in [-0.1, -0.05) is 12.1 Å². The Labute approximate surface area is 133 Å². The molecule has 0 aliphatic carbocycles. The number of thiophene rings is 1. The molecule has 0 bridgehead atoms. The molecular formula is C16H19N3O2S. The van der Waals surface area contributed by atoms with E-state index in [0.717, 1.165) is 16.9 Å². The van der Waals surface area contributed by atoms with E-state index in [2.05, 4.69) is 15.6 Å². The number of carbonyl (C=O) groups excluding carboxylic acids is 2. The van der Waals surface area contributed by atoms with Gasteiger partial charge in [0.2, 0.25) is 11.8 Å². The predicted molar refractivity (Wildman–Crippen MR) is 86.4 cm³/mol. The van der Waals surface area contributed by atoms with E-state index in [1.165, 1.54) is 18.3 Å². The highest BCUT2D eigenvalue weighted by Gasteiger charge is 2.17. The quantitative estimate of drug-likeness (QED) is 0.821. The highest BCUT2D eigenvalue weighted by atomic mass is 32.1. The Hall–Kier alpha value is -2.21. The highest BCUT2D eigenvalue weighted by molar-refractivity contribution is 7.10. The van der Waals surface area contributed by atoms with Crippen molar-refractivity contribution >= 4 is 23.2 Å². The molecule has 0 aliphatic heterocycles. The van der Waals surface area contributed by atoms with Crippen molar-refractivity contribution in [2.45, 2.75) is 25.8 Å². The first-order valence-electron chi connectivity index (χ1n) is 7.11. The Morgan fingerprint density at radius 2 is 2.18 bits per heavy atom. The number of pyridine rings is 1. The van der Waals surface area contributed by atoms with Crippen LogP contribution in [0, 0.1) is 0 Å². The summed E-state index contributed by atoms with van der Waals surface area (Å²) in [5.74, 6) is -0.211. The summed E-state index contributed by atoms with van der Waals surface area (Å²) in [7, 11) is 0. The first-order chi connectivity index (χ1) is 10.6. The summed E-state index contributed by atoms with van der Waals surface area (Å²) < 4.78 is 0. The van der Waals surface area contributed by atoms with Gasteiger partial charge in [0.1, 0.15) is 0 Å². The van der Waals surface area contributed by atoms with Crippen molar-refractivity contribution in [1.29, 1.82) is 0 Å². The number of hydrogen-bond acceptors (Lipinski definition) is 4. The summed E-state index contributed by atoms with van der Waals surface area (Å²) in [6.07, 6.45) is 4.50. The third kappa shape index (κ3) is 5.29. The Morgan fingerprint density at radius 3 is 2.82 bits per heavy atom. The number of hydrogen-bond donors (Lipinski definition) is 2. The lowest BCUT2D eigenvalue weighted by atomic mass is 10.1. The SMILES string of the molecule is CC(=O)N[C@@H](CC(=O)NCCc1cccnc1)c1cccs1. The van der Waals surface area contributed by atoms with Gasteiger partial charge in [0.15, 0.2) is 0 Å². The predicted octanol–water partition coefficient (Wildman–Crippen LogP) is 2.07. The number of aromatic nitrogens is 1. The fourth-order valence-electron chi connectivity index (χ4n) is 2.11. The van der Waals surface area contributed by atoms with Crippen LogP contribution in [0.2, 0.25) is 0 Å². The zero-order chi connectivity index (χ0) is 15.8. The van der Waals surface area contributed by atoms with Crippen molar-refractivity contribution in [2.24, 2.45) is 0 Å². The van der Waals surface area contributed by atoms with Gasteiger partial charge in [-0.3, -0.25) is 14.6 Å². The van der Waals surface area contributed by atoms with Gasteiger partial charge in [0.25, 0.3) is 0 Å². The van der Waals surface area contributed by atoms with Gasteiger partial charge < -0.3 is 10.6 Å². The zero-order valence-corrected chi connectivity index (χ0v) is 13.2. The van der Waals surface area contributed by atoms with Crippen LogP contribution in [0.1, 0.15) is 29.8 Å². The summed E-state index contributed by atoms with van der Waals surface area (Å²) >= 11 is 1.53. The highest BCUT2D eigenvalue weighted by Crippen LogP contribution is 2.21. The second kappa shape index (κ2) is 8.29. The first kappa shape index (κ1) is 16.2. The van der Waals surface area contributed by atoms with Crippen LogP contribution in [0.5, 0.6) is 0 Å². The van der Waals surface area contributed by atoms with Crippen molar-refractivity contribution in [2.75, 3.05) is 6.54 Å². The molecule has 2 rings (SSSR count). The zero-order valence-electron chi connectivity index (χ0n) is 12.4. The maximum Gasteiger partial charge on any atom is 0.222 e. The Morgan fingerprint density at radius 1 is 1.32 bits per heavy atom. The van der Waals surface area contributed by atoms with Crippen molar-refractivity contribution in [3.63, 3.8) is 0 Å². The fourth-order valence-corrected chi connectivity index (χ4v) is 2.89. The number of nitrogens with one attached hydrogen (secondary N) is 2. The molecule has 6 heteroatoms. The molecular weight excluding hydrogens is 298 g/mol. The van der Waals surface area contributed by atoms with Gasteiger partial charge in [-0.15, -0.1) is 11.3 Å². The molecule has 0 unspecified atom stereocenters. The maximum absolute atomic E-state index is 12.0. The molecule has 2 heterocycles. The van der Waals surface area contributed by atoms with E-state index in [1.54, 1.807) is 12.4 Å². The molecule has 5 nitrogen and oxygen atoms in total. The van der Waals surface area contributed by atoms with Crippen molar-refractivity contribution in [3.8, 4) is 0 Å². The van der Waals surface area contributed by atoms with Crippen molar-refractivity contribution < 1.29 is 9.59 Å². The van der Waals surface area contributed by atoms with Gasteiger partial charge in [-0.2, -0.15) is 0 Å². The van der Waals surface area contributed by atoms with E-state index in [1.807, 2.05) is 29.6 Å². The average Bonchev–Trinajstić information content (AvgIpc) is 3.01. The molecule has 0 aromatic carbocycles. The van der Waals surface area contributed by atoms with E-state index in [9.17, 15) is 9.59 Å². The normalized spacial score (nSPS) is 11.7. The molecule has 0 spiro atoms. The topological polar surface area (TPSA) is 71.1 Å². The van der Waals surface area contributed by atoms with Gasteiger partial charge in [0, 0.05) is 30.7 Å². The van der Waals surface area contributed by atoms with E-state index >= 15 is 0 Å². The number of rotatable bonds is 7. The van der Waals surface area contributed by atoms with Gasteiger partial charge >= 0.3 is 0 Å². The standard InChI is InChI=1S/C16H19N3O2S/c1-12(20)19-14(15-5-3-9-22-15)10-16(21)18-8-6-13-4-2-7-17-11-13/h2-5,7,9,11,14H,6,8,10H2,1H3,(H,18,21)(H,19,20)/t14-/m0/s1. The molecule has 2 aromatic heterocycles. The molecule has 0 fully saturated rings. The minimum absolute atomic E-state index is 0.0731. The second-order valence-electron chi connectivity index (χ2n) is 4.93. The molecule has 0 aliphatic rings. The van der Waals surface area contributed by atoms with Crippen molar-refractivity contribution in [3.05, 3.63) is 52.5 Å². The monoisotopic (exact) mass is 317 g/mol. The minimum Gasteiger partial charge on any atom is -0.356 e. The van der Waals surface area contributed by atoms with Gasteiger partial charge in [-0.05, 0) is 29.5 Å². The fraction of sp³-hybridized carbons (Fsp3) is 0.312. The molecule has 116 valence electrons. The summed E-state index contributed by atoms with van der Waals surface area (Å²) in [6.45, 7) is 2.02. The van der Waals surface area contributed by atoms with Crippen LogP contribution in [0.15, 0.2) is 42.0 Å². The summed E-state index contributed by atoms with van der Waals surface area (Å²) in [6, 6.07) is 7.42. The summed E-state index contributed by atoms with van der Waals surface area (Å²) in [4.78, 5) is 28.4. The van der Waals surface area contributed by atoms with Crippen LogP contribution in [-0.4, -0.2) is 23.3 Å². The van der Waals surface area contributed by atoms with Crippen LogP contribution in [0.3, 0.4) is 0 Å². The van der Waals surface area contributed by atoms with Crippen molar-refractivity contribution in [1.82, 2.24) is 15.6 Å². The number of carbonyl (C=O) groups is 2. The van der Waals surface area contributed by atoms with Gasteiger partial charge in [-0.25, -0.2) is 0 Å². The summed E-state index contributed by atoms with van der Waals surface area (Å²) in [5.41, 5.74) is 1.08. The molecule has 0 saturated carbocycles. The van der Waals surface area contributed by atoms with E-state index in [4.69, 9.17) is 0 Å². The van der Waals surface area contributed by atoms with Gasteiger partial charge in [0.05, 0.1) is 12.5 Å². The molecule has 0 radical (unpaired) electrons. The Bertz CT molecular complexity index is 599. The average molecular weight is 317 g/mol. The molecule has 1 atom stereocenters. The molecule has 2 amide bonds. The summed E-state index contributed by atoms with van der Waals surface area (Å²) in [5, 5.41) is 7.64. The van der Waals surface area contributed by atoms with Crippen LogP contribution >= 0.6 is 11.3 Å². The Balaban J connectivity index is 1.82. The molecule has 2 aromatic rings. The van der Waals surface area contributed by atoms with Crippen LogP contribution < -0.4 is 10.6 Å². The maximum atomic E-state index is 12.0. The minimum atomic E-state index is -0.268.